The molecular weight excluding hydrogens is 679 g/mol. The van der Waals surface area contributed by atoms with Crippen LogP contribution in [0, 0.1) is 17.3 Å². The van der Waals surface area contributed by atoms with Gasteiger partial charge in [0.1, 0.15) is 35.4 Å². The number of carbonyl (C=O) groups is 2. The van der Waals surface area contributed by atoms with Crippen molar-refractivity contribution in [1.29, 1.82) is 0 Å². The summed E-state index contributed by atoms with van der Waals surface area (Å²) in [4.78, 5) is 42.1. The number of benzene rings is 2. The molecule has 262 valence electrons. The predicted molar refractivity (Wildman–Crippen MR) is 171 cm³/mol. The molecule has 2 aliphatic rings. The summed E-state index contributed by atoms with van der Waals surface area (Å²) in [5.74, 6) is 2.46. The maximum atomic E-state index is 15.0. The number of anilines is 1. The number of hydrogen-bond donors (Lipinski definition) is 2. The Morgan fingerprint density at radius 1 is 0.902 bits per heavy atom. The Morgan fingerprint density at radius 2 is 1.61 bits per heavy atom. The van der Waals surface area contributed by atoms with Gasteiger partial charge in [0.05, 0.1) is 35.1 Å². The molecule has 2 fully saturated rings. The molecule has 0 saturated heterocycles. The number of nitrogens with zero attached hydrogens (tertiary/aromatic N) is 4. The summed E-state index contributed by atoms with van der Waals surface area (Å²) in [5.41, 5.74) is 5.33. The fourth-order valence-electron chi connectivity index (χ4n) is 5.69. The van der Waals surface area contributed by atoms with Gasteiger partial charge in [-0.25, -0.2) is 29.1 Å². The number of nitrogens with one attached hydrogen (secondary N) is 1. The van der Waals surface area contributed by atoms with E-state index in [1.54, 1.807) is 0 Å². The van der Waals surface area contributed by atoms with Gasteiger partial charge in [-0.1, -0.05) is 11.8 Å². The summed E-state index contributed by atoms with van der Waals surface area (Å²) in [6.07, 6.45) is 9.10. The number of amides is 1. The van der Waals surface area contributed by atoms with E-state index in [9.17, 15) is 27.2 Å². The first kappa shape index (κ1) is 34.7. The number of hydrogen-bond acceptors (Lipinski definition) is 10. The van der Waals surface area contributed by atoms with E-state index >= 15 is 4.39 Å². The van der Waals surface area contributed by atoms with Gasteiger partial charge >= 0.3 is 19.2 Å². The number of esters is 1. The maximum Gasteiger partial charge on any atom is 0.387 e. The van der Waals surface area contributed by atoms with Crippen molar-refractivity contribution in [2.75, 3.05) is 5.73 Å². The lowest BCUT2D eigenvalue weighted by molar-refractivity contribution is -0.0506. The van der Waals surface area contributed by atoms with Crippen molar-refractivity contribution >= 4 is 29.6 Å². The third kappa shape index (κ3) is 8.74. The number of carbonyl (C=O) groups excluding carboxylic acids is 2. The summed E-state index contributed by atoms with van der Waals surface area (Å²) in [6, 6.07) is 6.59. The van der Waals surface area contributed by atoms with Crippen molar-refractivity contribution in [2.24, 2.45) is 5.41 Å². The van der Waals surface area contributed by atoms with Crippen LogP contribution in [0.5, 0.6) is 11.5 Å². The number of aromatic nitrogens is 4. The first-order valence-electron chi connectivity index (χ1n) is 15.4. The van der Waals surface area contributed by atoms with Crippen LogP contribution in [0.25, 0.3) is 11.9 Å². The van der Waals surface area contributed by atoms with E-state index in [0.717, 1.165) is 37.4 Å². The minimum atomic E-state index is -3.23. The zero-order valence-electron chi connectivity index (χ0n) is 26.4. The standard InChI is InChI=1S/C35H27F5N6O5/c36-24(26-16-45-30(41)17-44-26)11-23-10-21(3-5-28(23)51-34(39)40)31(47)46-25-12-35(7-8-35)13-29(25)49-32(48)22-4-6-27(50-33(37)38)20(9-22)2-1-19-14-42-18-43-15-19/h3-6,9-11,14-18,25,29,33-34H,7-8,12-13H2,(H2,41,45)(H,46,47)/b24-11-/t25-,29-/m0/s1. The molecular formula is C35H27F5N6O5. The van der Waals surface area contributed by atoms with Crippen LogP contribution in [-0.2, 0) is 4.74 Å². The Labute approximate surface area is 287 Å². The molecule has 2 aliphatic carbocycles. The third-order valence-electron chi connectivity index (χ3n) is 8.29. The third-order valence-corrected chi connectivity index (χ3v) is 8.29. The average molecular weight is 707 g/mol. The molecule has 0 unspecified atom stereocenters. The highest BCUT2D eigenvalue weighted by molar-refractivity contribution is 5.96. The van der Waals surface area contributed by atoms with Crippen LogP contribution in [0.3, 0.4) is 0 Å². The zero-order valence-corrected chi connectivity index (χ0v) is 26.4. The molecule has 6 rings (SSSR count). The predicted octanol–water partition coefficient (Wildman–Crippen LogP) is 5.82. The Hall–Kier alpha value is -6.11. The average Bonchev–Trinajstić information content (AvgIpc) is 3.78. The van der Waals surface area contributed by atoms with E-state index < -0.39 is 48.8 Å². The van der Waals surface area contributed by atoms with E-state index in [1.165, 1.54) is 49.1 Å². The van der Waals surface area contributed by atoms with Gasteiger partial charge in [-0.2, -0.15) is 17.6 Å². The monoisotopic (exact) mass is 706 g/mol. The van der Waals surface area contributed by atoms with Gasteiger partial charge in [-0.15, -0.1) is 0 Å². The van der Waals surface area contributed by atoms with E-state index in [4.69, 9.17) is 10.5 Å². The van der Waals surface area contributed by atoms with Gasteiger partial charge in [0.25, 0.3) is 5.91 Å². The molecule has 2 aromatic carbocycles. The van der Waals surface area contributed by atoms with Gasteiger partial charge in [0.2, 0.25) is 0 Å². The number of halogens is 5. The molecule has 3 N–H and O–H groups in total. The van der Waals surface area contributed by atoms with E-state index in [1.807, 2.05) is 0 Å². The largest absolute Gasteiger partial charge is 0.457 e. The van der Waals surface area contributed by atoms with Gasteiger partial charge in [-0.3, -0.25) is 4.79 Å². The first-order valence-corrected chi connectivity index (χ1v) is 15.4. The Balaban J connectivity index is 1.21. The summed E-state index contributed by atoms with van der Waals surface area (Å²) < 4.78 is 82.5. The lowest BCUT2D eigenvalue weighted by Gasteiger charge is -2.22. The van der Waals surface area contributed by atoms with Crippen LogP contribution in [0.4, 0.5) is 27.8 Å². The molecule has 2 heterocycles. The van der Waals surface area contributed by atoms with Crippen LogP contribution in [-0.4, -0.2) is 57.2 Å². The van der Waals surface area contributed by atoms with Crippen molar-refractivity contribution < 1.29 is 45.8 Å². The highest BCUT2D eigenvalue weighted by atomic mass is 19.3. The molecule has 0 bridgehead atoms. The molecule has 0 aliphatic heterocycles. The molecule has 51 heavy (non-hydrogen) atoms. The highest BCUT2D eigenvalue weighted by Gasteiger charge is 2.54. The van der Waals surface area contributed by atoms with Gasteiger partial charge in [0.15, 0.2) is 5.83 Å². The summed E-state index contributed by atoms with van der Waals surface area (Å²) in [7, 11) is 0. The number of alkyl halides is 4. The van der Waals surface area contributed by atoms with Gasteiger partial charge in [-0.05, 0) is 73.6 Å². The van der Waals surface area contributed by atoms with Crippen molar-refractivity contribution in [1.82, 2.24) is 25.3 Å². The molecule has 1 spiro atoms. The summed E-state index contributed by atoms with van der Waals surface area (Å²) >= 11 is 0. The van der Waals surface area contributed by atoms with Crippen LogP contribution in [0.15, 0.2) is 67.5 Å². The van der Waals surface area contributed by atoms with Crippen LogP contribution >= 0.6 is 0 Å². The number of nitrogens with two attached hydrogens (primary N) is 1. The van der Waals surface area contributed by atoms with Crippen molar-refractivity contribution in [3.05, 3.63) is 101 Å². The highest BCUT2D eigenvalue weighted by Crippen LogP contribution is 2.58. The van der Waals surface area contributed by atoms with Crippen molar-refractivity contribution in [3.63, 3.8) is 0 Å². The molecule has 2 atom stereocenters. The van der Waals surface area contributed by atoms with E-state index in [-0.39, 0.29) is 44.9 Å². The van der Waals surface area contributed by atoms with Gasteiger partial charge in [0, 0.05) is 23.5 Å². The molecule has 2 saturated carbocycles. The zero-order chi connectivity index (χ0) is 36.1. The van der Waals surface area contributed by atoms with Crippen LogP contribution in [0.1, 0.15) is 68.8 Å². The molecule has 2 aromatic heterocycles. The second-order valence-corrected chi connectivity index (χ2v) is 11.8. The first-order chi connectivity index (χ1) is 24.5. The van der Waals surface area contributed by atoms with Crippen molar-refractivity contribution in [3.8, 4) is 23.3 Å². The summed E-state index contributed by atoms with van der Waals surface area (Å²) in [6.45, 7) is -6.37. The normalized spacial score (nSPS) is 17.5. The lowest BCUT2D eigenvalue weighted by Crippen LogP contribution is -2.42. The molecule has 0 radical (unpaired) electrons. The molecule has 1 amide bonds. The van der Waals surface area contributed by atoms with Gasteiger partial charge < -0.3 is 25.3 Å². The molecule has 4 aromatic rings. The second-order valence-electron chi connectivity index (χ2n) is 11.8. The Bertz CT molecular complexity index is 2020. The Kier molecular flexibility index (Phi) is 10.1. The second kappa shape index (κ2) is 14.8. The lowest BCUT2D eigenvalue weighted by atomic mass is 10.1. The van der Waals surface area contributed by atoms with Crippen LogP contribution < -0.4 is 20.5 Å². The SMILES string of the molecule is Nc1cnc(/C(F)=C/c2cc(C(=O)N[C@H]3CC4(CC4)C[C@@H]3OC(=O)c3ccc(OC(F)F)c(C#Cc4cncnc4)c3)ccc2OC(F)F)cn1. The quantitative estimate of drug-likeness (QED) is 0.117. The molecule has 16 heteroatoms. The fraction of sp³-hybridized carbons (Fsp3) is 0.257. The van der Waals surface area contributed by atoms with E-state index in [0.29, 0.717) is 18.4 Å². The number of nitrogen functional groups attached to an aromatic ring is 1. The fourth-order valence-corrected chi connectivity index (χ4v) is 5.69. The number of ether oxygens (including phenoxy) is 3. The maximum absolute atomic E-state index is 15.0. The molecule has 11 nitrogen and oxygen atoms in total. The topological polar surface area (TPSA) is 151 Å². The van der Waals surface area contributed by atoms with Crippen LogP contribution in [0.2, 0.25) is 0 Å². The summed E-state index contributed by atoms with van der Waals surface area (Å²) in [5, 5.41) is 2.86. The van der Waals surface area contributed by atoms with E-state index in [2.05, 4.69) is 46.6 Å². The Morgan fingerprint density at radius 3 is 2.29 bits per heavy atom. The smallest absolute Gasteiger partial charge is 0.387 e. The minimum absolute atomic E-state index is 0.00548. The number of rotatable bonds is 10. The minimum Gasteiger partial charge on any atom is -0.457 e. The van der Waals surface area contributed by atoms with Crippen molar-refractivity contribution in [2.45, 2.75) is 51.1 Å².